The van der Waals surface area contributed by atoms with E-state index >= 15 is 0 Å². The average molecular weight is 310 g/mol. The third-order valence-electron chi connectivity index (χ3n) is 5.14. The van der Waals surface area contributed by atoms with Gasteiger partial charge in [0.15, 0.2) is 5.96 Å². The van der Waals surface area contributed by atoms with Crippen LogP contribution in [0.25, 0.3) is 0 Å². The zero-order valence-electron chi connectivity index (χ0n) is 14.9. The minimum atomic E-state index is 0.528. The fourth-order valence-corrected chi connectivity index (χ4v) is 3.41. The van der Waals surface area contributed by atoms with Crippen LogP contribution in [-0.4, -0.2) is 74.7 Å². The van der Waals surface area contributed by atoms with E-state index in [0.717, 1.165) is 44.6 Å². The highest BCUT2D eigenvalue weighted by Crippen LogP contribution is 2.23. The molecule has 2 N–H and O–H groups in total. The number of hydrogen-bond donors (Lipinski definition) is 2. The van der Waals surface area contributed by atoms with Crippen molar-refractivity contribution in [1.29, 1.82) is 0 Å². The molecule has 1 saturated heterocycles. The van der Waals surface area contributed by atoms with E-state index in [1.54, 1.807) is 0 Å². The Kier molecular flexibility index (Phi) is 6.96. The van der Waals surface area contributed by atoms with Gasteiger partial charge in [0.25, 0.3) is 0 Å². The van der Waals surface area contributed by atoms with Crippen LogP contribution in [-0.2, 0) is 0 Å². The number of piperazine rings is 1. The van der Waals surface area contributed by atoms with Gasteiger partial charge in [0.2, 0.25) is 0 Å². The zero-order chi connectivity index (χ0) is 15.9. The van der Waals surface area contributed by atoms with Gasteiger partial charge in [-0.3, -0.25) is 9.89 Å². The van der Waals surface area contributed by atoms with Crippen LogP contribution in [0.15, 0.2) is 4.99 Å². The van der Waals surface area contributed by atoms with Gasteiger partial charge in [-0.15, -0.1) is 0 Å². The fraction of sp³-hybridized carbons (Fsp3) is 0.941. The number of aliphatic imine (C=N–C) groups is 1. The first-order valence-corrected chi connectivity index (χ1v) is 9.02. The zero-order valence-corrected chi connectivity index (χ0v) is 14.9. The predicted octanol–water partition coefficient (Wildman–Crippen LogP) is 1.37. The van der Waals surface area contributed by atoms with E-state index in [9.17, 15) is 0 Å². The standard InChI is InChI=1S/C17H35N5/c1-5-18-17(20-15-8-6-14(2)7-9-15)19-12-16-13-21(3)10-11-22(16)4/h14-16H,5-13H2,1-4H3,(H2,18,19,20). The maximum atomic E-state index is 4.86. The molecule has 5 heteroatoms. The number of hydrogen-bond acceptors (Lipinski definition) is 3. The van der Waals surface area contributed by atoms with Crippen molar-refractivity contribution in [2.24, 2.45) is 10.9 Å². The first-order chi connectivity index (χ1) is 10.6. The van der Waals surface area contributed by atoms with E-state index < -0.39 is 0 Å². The van der Waals surface area contributed by atoms with Gasteiger partial charge in [-0.25, -0.2) is 0 Å². The summed E-state index contributed by atoms with van der Waals surface area (Å²) in [4.78, 5) is 9.71. The summed E-state index contributed by atoms with van der Waals surface area (Å²) in [7, 11) is 4.42. The molecule has 1 heterocycles. The lowest BCUT2D eigenvalue weighted by atomic mass is 9.87. The van der Waals surface area contributed by atoms with Gasteiger partial charge < -0.3 is 15.5 Å². The molecule has 128 valence electrons. The second-order valence-corrected chi connectivity index (χ2v) is 7.22. The van der Waals surface area contributed by atoms with Gasteiger partial charge >= 0.3 is 0 Å². The largest absolute Gasteiger partial charge is 0.357 e. The van der Waals surface area contributed by atoms with Crippen LogP contribution in [0.3, 0.4) is 0 Å². The molecule has 0 aromatic carbocycles. The second kappa shape index (κ2) is 8.73. The molecule has 2 fully saturated rings. The average Bonchev–Trinajstić information content (AvgIpc) is 2.50. The van der Waals surface area contributed by atoms with E-state index in [1.165, 1.54) is 25.7 Å². The molecular formula is C17H35N5. The highest BCUT2D eigenvalue weighted by atomic mass is 15.3. The van der Waals surface area contributed by atoms with Gasteiger partial charge in [0.1, 0.15) is 0 Å². The van der Waals surface area contributed by atoms with Crippen molar-refractivity contribution in [2.45, 2.75) is 51.6 Å². The summed E-state index contributed by atoms with van der Waals surface area (Å²) in [5.41, 5.74) is 0. The molecule has 22 heavy (non-hydrogen) atoms. The van der Waals surface area contributed by atoms with Crippen molar-refractivity contribution in [3.63, 3.8) is 0 Å². The molecule has 2 aliphatic rings. The topological polar surface area (TPSA) is 42.9 Å². The van der Waals surface area contributed by atoms with Crippen molar-refractivity contribution in [1.82, 2.24) is 20.4 Å². The van der Waals surface area contributed by atoms with Gasteiger partial charge in [-0.1, -0.05) is 6.92 Å². The maximum Gasteiger partial charge on any atom is 0.191 e. The Hall–Kier alpha value is -0.810. The lowest BCUT2D eigenvalue weighted by Crippen LogP contribution is -2.52. The summed E-state index contributed by atoms with van der Waals surface area (Å²) in [5.74, 6) is 1.90. The molecule has 0 radical (unpaired) electrons. The van der Waals surface area contributed by atoms with Crippen molar-refractivity contribution in [3.8, 4) is 0 Å². The van der Waals surface area contributed by atoms with Crippen molar-refractivity contribution >= 4 is 5.96 Å². The molecule has 1 saturated carbocycles. The van der Waals surface area contributed by atoms with Crippen LogP contribution in [0.5, 0.6) is 0 Å². The first-order valence-electron chi connectivity index (χ1n) is 9.02. The van der Waals surface area contributed by atoms with Crippen LogP contribution >= 0.6 is 0 Å². The number of guanidine groups is 1. The fourth-order valence-electron chi connectivity index (χ4n) is 3.41. The normalized spacial score (nSPS) is 32.0. The molecule has 0 amide bonds. The van der Waals surface area contributed by atoms with E-state index in [2.05, 4.69) is 48.4 Å². The Morgan fingerprint density at radius 2 is 1.86 bits per heavy atom. The lowest BCUT2D eigenvalue weighted by Gasteiger charge is -2.37. The Labute approximate surface area is 136 Å². The maximum absolute atomic E-state index is 4.86. The molecule has 2 rings (SSSR count). The summed E-state index contributed by atoms with van der Waals surface area (Å²) in [6.07, 6.45) is 5.23. The highest BCUT2D eigenvalue weighted by molar-refractivity contribution is 5.80. The Morgan fingerprint density at radius 3 is 2.55 bits per heavy atom. The van der Waals surface area contributed by atoms with Crippen LogP contribution in [0, 0.1) is 5.92 Å². The summed E-state index contributed by atoms with van der Waals surface area (Å²) >= 11 is 0. The minimum Gasteiger partial charge on any atom is -0.357 e. The summed E-state index contributed by atoms with van der Waals surface area (Å²) < 4.78 is 0. The summed E-state index contributed by atoms with van der Waals surface area (Å²) in [6, 6.07) is 1.13. The van der Waals surface area contributed by atoms with Gasteiger partial charge in [0, 0.05) is 38.3 Å². The second-order valence-electron chi connectivity index (χ2n) is 7.22. The van der Waals surface area contributed by atoms with Crippen molar-refractivity contribution in [3.05, 3.63) is 0 Å². The molecule has 1 aliphatic carbocycles. The van der Waals surface area contributed by atoms with Crippen LogP contribution in [0.4, 0.5) is 0 Å². The van der Waals surface area contributed by atoms with Gasteiger partial charge in [-0.2, -0.15) is 0 Å². The first kappa shape index (κ1) is 17.5. The third kappa shape index (κ3) is 5.43. The smallest absolute Gasteiger partial charge is 0.191 e. The van der Waals surface area contributed by atoms with E-state index in [1.807, 2.05) is 0 Å². The molecule has 5 nitrogen and oxygen atoms in total. The quantitative estimate of drug-likeness (QED) is 0.608. The predicted molar refractivity (Wildman–Crippen MR) is 94.4 cm³/mol. The minimum absolute atomic E-state index is 0.528. The molecule has 0 aromatic heterocycles. The molecule has 1 unspecified atom stereocenters. The monoisotopic (exact) mass is 309 g/mol. The number of nitrogens with one attached hydrogen (secondary N) is 2. The van der Waals surface area contributed by atoms with E-state index in [0.29, 0.717) is 12.1 Å². The molecule has 0 bridgehead atoms. The number of nitrogens with zero attached hydrogens (tertiary/aromatic N) is 3. The summed E-state index contributed by atoms with van der Waals surface area (Å²) in [5, 5.41) is 7.06. The molecule has 0 aromatic rings. The molecule has 1 atom stereocenters. The Bertz CT molecular complexity index is 349. The third-order valence-corrected chi connectivity index (χ3v) is 5.14. The SMILES string of the molecule is CCNC(=NCC1CN(C)CCN1C)NC1CCC(C)CC1. The van der Waals surface area contributed by atoms with Crippen LogP contribution in [0.2, 0.25) is 0 Å². The van der Waals surface area contributed by atoms with E-state index in [-0.39, 0.29) is 0 Å². The summed E-state index contributed by atoms with van der Waals surface area (Å²) in [6.45, 7) is 9.72. The van der Waals surface area contributed by atoms with Crippen molar-refractivity contribution in [2.75, 3.05) is 46.8 Å². The van der Waals surface area contributed by atoms with Crippen LogP contribution in [0.1, 0.15) is 39.5 Å². The lowest BCUT2D eigenvalue weighted by molar-refractivity contribution is 0.119. The van der Waals surface area contributed by atoms with Gasteiger partial charge in [-0.05, 0) is 52.6 Å². The van der Waals surface area contributed by atoms with E-state index in [4.69, 9.17) is 4.99 Å². The van der Waals surface area contributed by atoms with Crippen LogP contribution < -0.4 is 10.6 Å². The molecule has 1 aliphatic heterocycles. The Balaban J connectivity index is 1.86. The Morgan fingerprint density at radius 1 is 1.14 bits per heavy atom. The van der Waals surface area contributed by atoms with Gasteiger partial charge in [0.05, 0.1) is 6.54 Å². The number of likely N-dealkylation sites (N-methyl/N-ethyl adjacent to an activating group) is 2. The van der Waals surface area contributed by atoms with Crippen molar-refractivity contribution < 1.29 is 0 Å². The molecular weight excluding hydrogens is 274 g/mol. The molecule has 0 spiro atoms. The number of rotatable bonds is 4. The highest BCUT2D eigenvalue weighted by Gasteiger charge is 2.22.